The summed E-state index contributed by atoms with van der Waals surface area (Å²) in [6.07, 6.45) is 1.25. The molecule has 0 heterocycles. The summed E-state index contributed by atoms with van der Waals surface area (Å²) in [5, 5.41) is 3.29. The number of nitrogens with one attached hydrogen (secondary N) is 1. The van der Waals surface area contributed by atoms with Crippen molar-refractivity contribution in [2.75, 3.05) is 7.05 Å². The Morgan fingerprint density at radius 1 is 1.47 bits per heavy atom. The van der Waals surface area contributed by atoms with Gasteiger partial charge in [-0.1, -0.05) is 19.1 Å². The molecule has 1 nitrogen and oxygen atoms in total. The SMILES string of the molecule is CNC(c1ccc(C)c(F)c1)C1CC1C. The molecule has 3 atom stereocenters. The second-order valence-corrected chi connectivity index (χ2v) is 4.65. The van der Waals surface area contributed by atoms with E-state index in [1.807, 2.05) is 19.2 Å². The van der Waals surface area contributed by atoms with E-state index in [4.69, 9.17) is 0 Å². The topological polar surface area (TPSA) is 12.0 Å². The number of halogens is 1. The molecule has 0 aromatic heterocycles. The van der Waals surface area contributed by atoms with Gasteiger partial charge in [0.05, 0.1) is 0 Å². The van der Waals surface area contributed by atoms with Crippen molar-refractivity contribution in [1.82, 2.24) is 5.32 Å². The van der Waals surface area contributed by atoms with Crippen molar-refractivity contribution >= 4 is 0 Å². The molecule has 1 aromatic rings. The van der Waals surface area contributed by atoms with Crippen LogP contribution in [0.2, 0.25) is 0 Å². The van der Waals surface area contributed by atoms with Gasteiger partial charge >= 0.3 is 0 Å². The van der Waals surface area contributed by atoms with E-state index in [9.17, 15) is 4.39 Å². The molecule has 0 aliphatic heterocycles. The van der Waals surface area contributed by atoms with E-state index in [-0.39, 0.29) is 5.82 Å². The van der Waals surface area contributed by atoms with Crippen LogP contribution < -0.4 is 5.32 Å². The van der Waals surface area contributed by atoms with E-state index in [1.54, 1.807) is 13.0 Å². The van der Waals surface area contributed by atoms with Gasteiger partial charge in [-0.15, -0.1) is 0 Å². The monoisotopic (exact) mass is 207 g/mol. The van der Waals surface area contributed by atoms with Gasteiger partial charge in [0.1, 0.15) is 5.82 Å². The van der Waals surface area contributed by atoms with Crippen LogP contribution in [0.15, 0.2) is 18.2 Å². The predicted molar refractivity (Wildman–Crippen MR) is 60.2 cm³/mol. The van der Waals surface area contributed by atoms with Crippen LogP contribution in [-0.4, -0.2) is 7.05 Å². The fraction of sp³-hybridized carbons (Fsp3) is 0.538. The third-order valence-corrected chi connectivity index (χ3v) is 3.47. The van der Waals surface area contributed by atoms with Crippen LogP contribution in [0.25, 0.3) is 0 Å². The van der Waals surface area contributed by atoms with Crippen molar-refractivity contribution in [3.8, 4) is 0 Å². The standard InChI is InChI=1S/C13H18FN/c1-8-4-5-10(7-12(8)14)13(15-3)11-6-9(11)2/h4-5,7,9,11,13,15H,6H2,1-3H3. The Labute approximate surface area is 90.7 Å². The van der Waals surface area contributed by atoms with Gasteiger partial charge in [-0.25, -0.2) is 4.39 Å². The number of hydrogen-bond acceptors (Lipinski definition) is 1. The first-order valence-corrected chi connectivity index (χ1v) is 5.56. The van der Waals surface area contributed by atoms with E-state index in [2.05, 4.69) is 12.2 Å². The highest BCUT2D eigenvalue weighted by Crippen LogP contribution is 2.46. The number of hydrogen-bond donors (Lipinski definition) is 1. The molecular weight excluding hydrogens is 189 g/mol. The maximum absolute atomic E-state index is 13.4. The van der Waals surface area contributed by atoms with Crippen molar-refractivity contribution in [3.63, 3.8) is 0 Å². The largest absolute Gasteiger partial charge is 0.313 e. The van der Waals surface area contributed by atoms with E-state index in [0.717, 1.165) is 17.0 Å². The molecule has 0 bridgehead atoms. The Morgan fingerprint density at radius 3 is 2.60 bits per heavy atom. The van der Waals surface area contributed by atoms with E-state index < -0.39 is 0 Å². The van der Waals surface area contributed by atoms with Crippen LogP contribution in [0.1, 0.15) is 30.5 Å². The molecule has 3 unspecified atom stereocenters. The fourth-order valence-corrected chi connectivity index (χ4v) is 2.25. The normalized spacial score (nSPS) is 26.4. The predicted octanol–water partition coefficient (Wildman–Crippen LogP) is 3.05. The Hall–Kier alpha value is -0.890. The molecule has 1 N–H and O–H groups in total. The van der Waals surface area contributed by atoms with Crippen molar-refractivity contribution in [2.45, 2.75) is 26.3 Å². The Balaban J connectivity index is 2.23. The molecule has 0 saturated heterocycles. The molecule has 2 heteroatoms. The van der Waals surface area contributed by atoms with Gasteiger partial charge in [0.25, 0.3) is 0 Å². The second kappa shape index (κ2) is 3.93. The lowest BCUT2D eigenvalue weighted by molar-refractivity contribution is 0.499. The van der Waals surface area contributed by atoms with E-state index in [1.165, 1.54) is 6.42 Å². The van der Waals surface area contributed by atoms with Crippen LogP contribution in [-0.2, 0) is 0 Å². The molecule has 0 spiro atoms. The zero-order valence-electron chi connectivity index (χ0n) is 9.55. The summed E-state index contributed by atoms with van der Waals surface area (Å²) in [7, 11) is 1.95. The summed E-state index contributed by atoms with van der Waals surface area (Å²) >= 11 is 0. The minimum atomic E-state index is -0.0962. The summed E-state index contributed by atoms with van der Waals surface area (Å²) in [5.74, 6) is 1.35. The average molecular weight is 207 g/mol. The molecule has 1 saturated carbocycles. The molecule has 1 aliphatic rings. The maximum Gasteiger partial charge on any atom is 0.126 e. The minimum absolute atomic E-state index is 0.0962. The van der Waals surface area contributed by atoms with Crippen molar-refractivity contribution in [3.05, 3.63) is 35.1 Å². The smallest absolute Gasteiger partial charge is 0.126 e. The van der Waals surface area contributed by atoms with E-state index in [0.29, 0.717) is 12.0 Å². The van der Waals surface area contributed by atoms with E-state index >= 15 is 0 Å². The molecule has 2 rings (SSSR count). The van der Waals surface area contributed by atoms with Gasteiger partial charge in [0.15, 0.2) is 0 Å². The average Bonchev–Trinajstić information content (AvgIpc) is 2.90. The molecule has 1 aromatic carbocycles. The molecule has 0 radical (unpaired) electrons. The number of benzene rings is 1. The third-order valence-electron chi connectivity index (χ3n) is 3.47. The summed E-state index contributed by atoms with van der Waals surface area (Å²) in [4.78, 5) is 0. The summed E-state index contributed by atoms with van der Waals surface area (Å²) in [6, 6.07) is 5.88. The van der Waals surface area contributed by atoms with Gasteiger partial charge in [-0.3, -0.25) is 0 Å². The lowest BCUT2D eigenvalue weighted by atomic mass is 10.00. The number of rotatable bonds is 3. The Morgan fingerprint density at radius 2 is 2.13 bits per heavy atom. The fourth-order valence-electron chi connectivity index (χ4n) is 2.25. The van der Waals surface area contributed by atoms with Gasteiger partial charge in [0.2, 0.25) is 0 Å². The second-order valence-electron chi connectivity index (χ2n) is 4.65. The zero-order chi connectivity index (χ0) is 11.0. The van der Waals surface area contributed by atoms with Crippen LogP contribution in [0.5, 0.6) is 0 Å². The quantitative estimate of drug-likeness (QED) is 0.803. The van der Waals surface area contributed by atoms with Gasteiger partial charge in [0, 0.05) is 6.04 Å². The molecule has 1 aliphatic carbocycles. The Bertz CT molecular complexity index is 362. The van der Waals surface area contributed by atoms with Crippen LogP contribution >= 0.6 is 0 Å². The third kappa shape index (κ3) is 2.05. The first-order valence-electron chi connectivity index (χ1n) is 5.56. The molecule has 15 heavy (non-hydrogen) atoms. The summed E-state index contributed by atoms with van der Waals surface area (Å²) in [5.41, 5.74) is 1.80. The van der Waals surface area contributed by atoms with Crippen molar-refractivity contribution < 1.29 is 4.39 Å². The number of aryl methyl sites for hydroxylation is 1. The highest BCUT2D eigenvalue weighted by atomic mass is 19.1. The highest BCUT2D eigenvalue weighted by molar-refractivity contribution is 5.27. The summed E-state index contributed by atoms with van der Waals surface area (Å²) in [6.45, 7) is 4.05. The lowest BCUT2D eigenvalue weighted by Crippen LogP contribution is -2.19. The lowest BCUT2D eigenvalue weighted by Gasteiger charge is -2.16. The molecule has 82 valence electrons. The highest BCUT2D eigenvalue weighted by Gasteiger charge is 2.39. The van der Waals surface area contributed by atoms with Gasteiger partial charge in [-0.2, -0.15) is 0 Å². The van der Waals surface area contributed by atoms with Crippen LogP contribution in [0.3, 0.4) is 0 Å². The molecular formula is C13H18FN. The molecule has 1 fully saturated rings. The van der Waals surface area contributed by atoms with Gasteiger partial charge < -0.3 is 5.32 Å². The first-order chi connectivity index (χ1) is 7.13. The zero-order valence-corrected chi connectivity index (χ0v) is 9.55. The summed E-state index contributed by atoms with van der Waals surface area (Å²) < 4.78 is 13.4. The van der Waals surface area contributed by atoms with Crippen molar-refractivity contribution in [1.29, 1.82) is 0 Å². The van der Waals surface area contributed by atoms with Crippen LogP contribution in [0, 0.1) is 24.6 Å². The van der Waals surface area contributed by atoms with Crippen LogP contribution in [0.4, 0.5) is 4.39 Å². The molecule has 0 amide bonds. The Kier molecular flexibility index (Phi) is 2.79. The van der Waals surface area contributed by atoms with Gasteiger partial charge in [-0.05, 0) is 49.4 Å². The minimum Gasteiger partial charge on any atom is -0.313 e. The van der Waals surface area contributed by atoms with Crippen molar-refractivity contribution in [2.24, 2.45) is 11.8 Å². The maximum atomic E-state index is 13.4. The first kappa shape index (κ1) is 10.6.